The molecule has 1 aliphatic heterocycles. The summed E-state index contributed by atoms with van der Waals surface area (Å²) in [7, 11) is 0. The molecule has 1 atom stereocenters. The zero-order valence-electron chi connectivity index (χ0n) is 21.1. The number of aromatic nitrogens is 1. The van der Waals surface area contributed by atoms with Gasteiger partial charge in [-0.1, -0.05) is 92.8 Å². The van der Waals surface area contributed by atoms with Crippen LogP contribution in [-0.2, 0) is 23.4 Å². The van der Waals surface area contributed by atoms with Gasteiger partial charge < -0.3 is 19.2 Å². The molecule has 0 radical (unpaired) electrons. The molecule has 0 saturated heterocycles. The topological polar surface area (TPSA) is 67.5 Å². The first-order valence-corrected chi connectivity index (χ1v) is 13.5. The number of hydrogen-bond acceptors (Lipinski definition) is 3. The highest BCUT2D eigenvalue weighted by Crippen LogP contribution is 2.40. The van der Waals surface area contributed by atoms with E-state index in [1.807, 2.05) is 71.3 Å². The maximum absolute atomic E-state index is 14.6. The molecule has 0 bridgehead atoms. The number of hydrogen-bond donors (Lipinski definition) is 1. The number of carbonyl (C=O) groups excluding carboxylic acids is 2. The van der Waals surface area contributed by atoms with Crippen molar-refractivity contribution in [1.82, 2.24) is 14.8 Å². The Morgan fingerprint density at radius 3 is 2.32 bits per heavy atom. The quantitative estimate of drug-likeness (QED) is 0.368. The van der Waals surface area contributed by atoms with Crippen LogP contribution in [0.4, 0.5) is 0 Å². The summed E-state index contributed by atoms with van der Waals surface area (Å²) in [6, 6.07) is 23.5. The third-order valence-corrected chi connectivity index (χ3v) is 8.09. The van der Waals surface area contributed by atoms with Gasteiger partial charge in [0.1, 0.15) is 5.69 Å². The number of amides is 2. The van der Waals surface area contributed by atoms with E-state index in [9.17, 15) is 9.59 Å². The smallest absolute Gasteiger partial charge is 0.272 e. The number of benzene rings is 2. The molecule has 1 saturated carbocycles. The van der Waals surface area contributed by atoms with Crippen LogP contribution in [0.3, 0.4) is 0 Å². The highest BCUT2D eigenvalue weighted by Gasteiger charge is 2.53. The van der Waals surface area contributed by atoms with Gasteiger partial charge in [0, 0.05) is 24.7 Å². The third-order valence-electron chi connectivity index (χ3n) is 8.09. The van der Waals surface area contributed by atoms with Gasteiger partial charge in [0.25, 0.3) is 11.8 Å². The molecule has 37 heavy (non-hydrogen) atoms. The van der Waals surface area contributed by atoms with E-state index in [-0.39, 0.29) is 17.9 Å². The van der Waals surface area contributed by atoms with E-state index >= 15 is 0 Å². The van der Waals surface area contributed by atoms with Gasteiger partial charge in [-0.3, -0.25) is 9.59 Å². The van der Waals surface area contributed by atoms with Crippen LogP contribution in [0.2, 0.25) is 0 Å². The minimum Gasteiger partial charge on any atom is -0.463 e. The predicted octanol–water partition coefficient (Wildman–Crippen LogP) is 6.01. The summed E-state index contributed by atoms with van der Waals surface area (Å²) in [6.07, 6.45) is 9.51. The van der Waals surface area contributed by atoms with Gasteiger partial charge in [-0.25, -0.2) is 0 Å². The van der Waals surface area contributed by atoms with Crippen molar-refractivity contribution in [1.29, 1.82) is 0 Å². The Hall–Kier alpha value is -3.80. The van der Waals surface area contributed by atoms with Crippen LogP contribution in [-0.4, -0.2) is 27.3 Å². The fourth-order valence-corrected chi connectivity index (χ4v) is 6.11. The Morgan fingerprint density at radius 2 is 1.59 bits per heavy atom. The van der Waals surface area contributed by atoms with Crippen LogP contribution in [0.25, 0.3) is 11.1 Å². The standard InChI is InChI=1S/C31H33N3O3/c35-29-27-20-28-26(18-19-37-28)33(27)22-31(24-14-8-5-9-15-24,34(29)21-23-12-6-4-7-13-23)30(36)32-25-16-10-2-1-3-11-17-25/h4-9,12-15,18-20,25H,1-3,10-11,16-17,21-22H2,(H,32,36)/t31-/m1/s1. The van der Waals surface area contributed by atoms with Crippen molar-refractivity contribution in [3.8, 4) is 0 Å². The number of nitrogens with one attached hydrogen (secondary N) is 1. The van der Waals surface area contributed by atoms with Gasteiger partial charge in [0.2, 0.25) is 0 Å². The van der Waals surface area contributed by atoms with E-state index in [1.165, 1.54) is 19.3 Å². The number of fused-ring (bicyclic) bond motifs is 3. The lowest BCUT2D eigenvalue weighted by atomic mass is 9.83. The van der Waals surface area contributed by atoms with Gasteiger partial charge >= 0.3 is 0 Å². The van der Waals surface area contributed by atoms with Crippen LogP contribution in [0.15, 0.2) is 83.5 Å². The van der Waals surface area contributed by atoms with E-state index in [2.05, 4.69) is 5.32 Å². The van der Waals surface area contributed by atoms with Crippen molar-refractivity contribution in [2.24, 2.45) is 0 Å². The lowest BCUT2D eigenvalue weighted by Crippen LogP contribution is -2.64. The molecule has 6 nitrogen and oxygen atoms in total. The molecule has 1 fully saturated rings. The van der Waals surface area contributed by atoms with Gasteiger partial charge in [-0.2, -0.15) is 0 Å². The zero-order chi connectivity index (χ0) is 25.2. The summed E-state index contributed by atoms with van der Waals surface area (Å²) in [6.45, 7) is 0.658. The molecule has 1 aliphatic carbocycles. The lowest BCUT2D eigenvalue weighted by Gasteiger charge is -2.47. The normalized spacial score (nSPS) is 20.9. The van der Waals surface area contributed by atoms with Crippen molar-refractivity contribution < 1.29 is 14.0 Å². The average Bonchev–Trinajstić information content (AvgIpc) is 3.50. The Bertz CT molecular complexity index is 1380. The molecule has 2 amide bonds. The Labute approximate surface area is 217 Å². The second-order valence-corrected chi connectivity index (χ2v) is 10.4. The van der Waals surface area contributed by atoms with E-state index < -0.39 is 5.54 Å². The Kier molecular flexibility index (Phi) is 6.33. The highest BCUT2D eigenvalue weighted by molar-refractivity contribution is 6.03. The lowest BCUT2D eigenvalue weighted by molar-refractivity contribution is -0.136. The first-order valence-electron chi connectivity index (χ1n) is 13.5. The van der Waals surface area contributed by atoms with Crippen LogP contribution in [0.1, 0.15) is 66.6 Å². The summed E-state index contributed by atoms with van der Waals surface area (Å²) in [5, 5.41) is 3.43. The molecule has 0 unspecified atom stereocenters. The number of nitrogens with zero attached hydrogens (tertiary/aromatic N) is 2. The number of furan rings is 1. The molecular formula is C31H33N3O3. The fraction of sp³-hybridized carbons (Fsp3) is 0.355. The second-order valence-electron chi connectivity index (χ2n) is 10.4. The maximum atomic E-state index is 14.6. The van der Waals surface area contributed by atoms with E-state index in [0.29, 0.717) is 24.4 Å². The summed E-state index contributed by atoms with van der Waals surface area (Å²) < 4.78 is 7.63. The van der Waals surface area contributed by atoms with Gasteiger partial charge in [-0.05, 0) is 24.0 Å². The number of rotatable bonds is 5. The predicted molar refractivity (Wildman–Crippen MR) is 143 cm³/mol. The van der Waals surface area contributed by atoms with E-state index in [4.69, 9.17) is 4.42 Å². The third kappa shape index (κ3) is 4.24. The first kappa shape index (κ1) is 23.6. The summed E-state index contributed by atoms with van der Waals surface area (Å²) in [5.74, 6) is -0.275. The SMILES string of the molecule is O=C1c2cc3occc3n2C[C@](C(=O)NC2CCCCCCC2)(c2ccccc2)N1Cc1ccccc1. The summed E-state index contributed by atoms with van der Waals surface area (Å²) in [4.78, 5) is 30.6. The average molecular weight is 496 g/mol. The van der Waals surface area contributed by atoms with Gasteiger partial charge in [-0.15, -0.1) is 0 Å². The minimum absolute atomic E-state index is 0.107. The first-order chi connectivity index (χ1) is 18.2. The van der Waals surface area contributed by atoms with Crippen LogP contribution in [0, 0.1) is 0 Å². The maximum Gasteiger partial charge on any atom is 0.272 e. The molecular weight excluding hydrogens is 462 g/mol. The van der Waals surface area contributed by atoms with Gasteiger partial charge in [0.05, 0.1) is 18.3 Å². The van der Waals surface area contributed by atoms with Crippen molar-refractivity contribution >= 4 is 22.9 Å². The molecule has 190 valence electrons. The van der Waals surface area contributed by atoms with Crippen molar-refractivity contribution in [3.05, 3.63) is 95.9 Å². The van der Waals surface area contributed by atoms with Crippen LogP contribution in [0.5, 0.6) is 0 Å². The molecule has 4 aromatic rings. The fourth-order valence-electron chi connectivity index (χ4n) is 6.11. The minimum atomic E-state index is -1.20. The van der Waals surface area contributed by atoms with Crippen molar-refractivity contribution in [2.45, 2.75) is 69.6 Å². The second kappa shape index (κ2) is 9.92. The van der Waals surface area contributed by atoms with Crippen LogP contribution >= 0.6 is 0 Å². The Balaban J connectivity index is 1.49. The van der Waals surface area contributed by atoms with E-state index in [1.54, 1.807) is 17.2 Å². The molecule has 2 aromatic carbocycles. The molecule has 3 heterocycles. The Morgan fingerprint density at radius 1 is 0.919 bits per heavy atom. The summed E-state index contributed by atoms with van der Waals surface area (Å²) >= 11 is 0. The highest BCUT2D eigenvalue weighted by atomic mass is 16.3. The molecule has 6 heteroatoms. The molecule has 1 N–H and O–H groups in total. The van der Waals surface area contributed by atoms with Crippen molar-refractivity contribution in [3.63, 3.8) is 0 Å². The molecule has 6 rings (SSSR count). The van der Waals surface area contributed by atoms with Crippen molar-refractivity contribution in [2.75, 3.05) is 0 Å². The van der Waals surface area contributed by atoms with Gasteiger partial charge in [0.15, 0.2) is 11.1 Å². The monoisotopic (exact) mass is 495 g/mol. The van der Waals surface area contributed by atoms with E-state index in [0.717, 1.165) is 42.3 Å². The molecule has 2 aliphatic rings. The molecule has 0 spiro atoms. The zero-order valence-corrected chi connectivity index (χ0v) is 21.1. The number of carbonyl (C=O) groups is 2. The van der Waals surface area contributed by atoms with Crippen LogP contribution < -0.4 is 5.32 Å². The summed E-state index contributed by atoms with van der Waals surface area (Å²) in [5.41, 5.74) is 2.65. The largest absolute Gasteiger partial charge is 0.463 e. The molecule has 2 aromatic heterocycles.